The van der Waals surface area contributed by atoms with Crippen LogP contribution in [0.5, 0.6) is 0 Å². The molecule has 122 valence electrons. The third-order valence-electron chi connectivity index (χ3n) is 5.11. The molecular formula is C15H27BN2O3Si. The fourth-order valence-electron chi connectivity index (χ4n) is 3.13. The van der Waals surface area contributed by atoms with Crippen molar-refractivity contribution in [3.05, 3.63) is 5.69 Å². The van der Waals surface area contributed by atoms with E-state index in [-0.39, 0.29) is 24.4 Å². The number of hydrogen-bond acceptors (Lipinski definition) is 4. The Kier molecular flexibility index (Phi) is 3.46. The molecule has 0 amide bonds. The first-order chi connectivity index (χ1) is 9.92. The highest BCUT2D eigenvalue weighted by Crippen LogP contribution is 2.37. The Morgan fingerprint density at radius 3 is 2.23 bits per heavy atom. The van der Waals surface area contributed by atoms with Crippen molar-refractivity contribution in [1.82, 2.24) is 9.78 Å². The Balaban J connectivity index is 2.08. The lowest BCUT2D eigenvalue weighted by Gasteiger charge is -2.32. The molecule has 2 aliphatic rings. The number of fused-ring (bicyclic) bond motifs is 1. The summed E-state index contributed by atoms with van der Waals surface area (Å²) >= 11 is 0. The van der Waals surface area contributed by atoms with Crippen molar-refractivity contribution in [1.29, 1.82) is 0 Å². The van der Waals surface area contributed by atoms with E-state index in [1.165, 1.54) is 0 Å². The minimum Gasteiger partial charge on any atom is -0.399 e. The molecule has 7 heteroatoms. The number of rotatable bonds is 2. The van der Waals surface area contributed by atoms with Gasteiger partial charge in [0.25, 0.3) is 0 Å². The average Bonchev–Trinajstić information content (AvgIpc) is 2.86. The van der Waals surface area contributed by atoms with Gasteiger partial charge in [-0.05, 0) is 27.7 Å². The second-order valence-electron chi connectivity index (χ2n) is 8.59. The zero-order valence-electron chi connectivity index (χ0n) is 14.7. The lowest BCUT2D eigenvalue weighted by Crippen LogP contribution is -2.55. The number of aromatic nitrogens is 2. The summed E-state index contributed by atoms with van der Waals surface area (Å²) in [7, 11) is -2.01. The Morgan fingerprint density at radius 2 is 1.73 bits per heavy atom. The van der Waals surface area contributed by atoms with Gasteiger partial charge in [0.2, 0.25) is 0 Å². The number of aliphatic hydroxyl groups excluding tert-OH is 1. The van der Waals surface area contributed by atoms with Crippen LogP contribution in [0.15, 0.2) is 0 Å². The predicted molar refractivity (Wildman–Crippen MR) is 90.6 cm³/mol. The maximum Gasteiger partial charge on any atom is 0.498 e. The first-order valence-electron chi connectivity index (χ1n) is 8.06. The van der Waals surface area contributed by atoms with E-state index in [2.05, 4.69) is 47.3 Å². The molecule has 0 aromatic carbocycles. The molecule has 1 fully saturated rings. The van der Waals surface area contributed by atoms with Gasteiger partial charge >= 0.3 is 7.12 Å². The van der Waals surface area contributed by atoms with Crippen molar-refractivity contribution in [2.24, 2.45) is 0 Å². The first-order valence-corrected chi connectivity index (χ1v) is 11.6. The molecule has 2 aliphatic heterocycles. The quantitative estimate of drug-likeness (QED) is 0.812. The van der Waals surface area contributed by atoms with Crippen LogP contribution in [0.1, 0.15) is 33.4 Å². The fraction of sp³-hybridized carbons (Fsp3) is 0.800. The van der Waals surface area contributed by atoms with Gasteiger partial charge in [0, 0.05) is 22.9 Å². The van der Waals surface area contributed by atoms with Crippen LogP contribution in [0, 0.1) is 0 Å². The van der Waals surface area contributed by atoms with Gasteiger partial charge in [0.15, 0.2) is 0 Å². The van der Waals surface area contributed by atoms with E-state index in [0.29, 0.717) is 13.0 Å². The predicted octanol–water partition coefficient (Wildman–Crippen LogP) is 0.644. The third kappa shape index (κ3) is 2.38. The van der Waals surface area contributed by atoms with Crippen LogP contribution < -0.4 is 10.8 Å². The molecule has 1 N–H and O–H groups in total. The van der Waals surface area contributed by atoms with Gasteiger partial charge in [-0.15, -0.1) is 0 Å². The van der Waals surface area contributed by atoms with Crippen molar-refractivity contribution >= 4 is 26.0 Å². The molecule has 0 unspecified atom stereocenters. The second kappa shape index (κ2) is 4.69. The molecule has 1 aromatic rings. The largest absolute Gasteiger partial charge is 0.498 e. The van der Waals surface area contributed by atoms with Gasteiger partial charge in [-0.3, -0.25) is 4.68 Å². The van der Waals surface area contributed by atoms with Gasteiger partial charge in [0.05, 0.1) is 23.9 Å². The molecule has 0 spiro atoms. The van der Waals surface area contributed by atoms with Crippen molar-refractivity contribution in [3.63, 3.8) is 0 Å². The highest BCUT2D eigenvalue weighted by atomic mass is 28.3. The number of aliphatic hydroxyl groups is 1. The highest BCUT2D eigenvalue weighted by molar-refractivity contribution is 6.92. The Morgan fingerprint density at radius 1 is 1.18 bits per heavy atom. The summed E-state index contributed by atoms with van der Waals surface area (Å²) in [5.74, 6) is 0. The topological polar surface area (TPSA) is 56.5 Å². The van der Waals surface area contributed by atoms with E-state index < -0.39 is 8.07 Å². The molecule has 1 atom stereocenters. The van der Waals surface area contributed by atoms with Crippen molar-refractivity contribution in [3.8, 4) is 0 Å². The van der Waals surface area contributed by atoms with E-state index in [1.54, 1.807) is 0 Å². The second-order valence-corrected chi connectivity index (χ2v) is 13.6. The molecule has 3 heterocycles. The average molecular weight is 322 g/mol. The van der Waals surface area contributed by atoms with Crippen molar-refractivity contribution < 1.29 is 14.4 Å². The molecular weight excluding hydrogens is 295 g/mol. The molecule has 22 heavy (non-hydrogen) atoms. The summed E-state index contributed by atoms with van der Waals surface area (Å²) < 4.78 is 14.5. The van der Waals surface area contributed by atoms with Crippen LogP contribution >= 0.6 is 0 Å². The van der Waals surface area contributed by atoms with E-state index in [9.17, 15) is 5.11 Å². The zero-order valence-corrected chi connectivity index (χ0v) is 15.7. The molecule has 1 saturated heterocycles. The zero-order chi connectivity index (χ0) is 16.5. The van der Waals surface area contributed by atoms with Crippen LogP contribution in [0.2, 0.25) is 19.6 Å². The number of nitrogens with zero attached hydrogens (tertiary/aromatic N) is 2. The van der Waals surface area contributed by atoms with Crippen LogP contribution in [0.25, 0.3) is 0 Å². The van der Waals surface area contributed by atoms with Crippen LogP contribution in [-0.4, -0.2) is 47.4 Å². The van der Waals surface area contributed by atoms with Gasteiger partial charge in [-0.25, -0.2) is 0 Å². The van der Waals surface area contributed by atoms with E-state index in [4.69, 9.17) is 14.4 Å². The Bertz CT molecular complexity index is 591. The molecule has 0 bridgehead atoms. The molecule has 0 radical (unpaired) electrons. The SMILES string of the molecule is CC1(C)OB(c2c([Si](C)(C)C)nn3c2C[C@@H](O)C3)OC1(C)C. The van der Waals surface area contributed by atoms with Crippen LogP contribution in [0.3, 0.4) is 0 Å². The van der Waals surface area contributed by atoms with Gasteiger partial charge in [0.1, 0.15) is 8.07 Å². The molecule has 0 saturated carbocycles. The van der Waals surface area contributed by atoms with Gasteiger partial charge in [-0.1, -0.05) is 19.6 Å². The van der Waals surface area contributed by atoms with Crippen LogP contribution in [0.4, 0.5) is 0 Å². The molecule has 5 nitrogen and oxygen atoms in total. The maximum atomic E-state index is 9.97. The molecule has 0 aliphatic carbocycles. The van der Waals surface area contributed by atoms with Gasteiger partial charge in [-0.2, -0.15) is 5.10 Å². The smallest absolute Gasteiger partial charge is 0.399 e. The molecule has 1 aromatic heterocycles. The van der Waals surface area contributed by atoms with Crippen LogP contribution in [-0.2, 0) is 22.3 Å². The Hall–Kier alpha value is -0.628. The Labute approximate surface area is 134 Å². The standard InChI is InChI=1S/C15H27BN2O3Si/c1-14(2)15(3,4)21-16(20-14)12-11-8-10(19)9-18(11)17-13(12)22(5,6)7/h10,19H,8-9H2,1-7H3/t10-/m1/s1. The van der Waals surface area contributed by atoms with E-state index in [1.807, 2.05) is 4.68 Å². The third-order valence-corrected chi connectivity index (χ3v) is 6.90. The summed E-state index contributed by atoms with van der Waals surface area (Å²) in [6.45, 7) is 15.7. The normalized spacial score (nSPS) is 26.5. The lowest BCUT2D eigenvalue weighted by molar-refractivity contribution is 0.00578. The lowest BCUT2D eigenvalue weighted by atomic mass is 9.78. The highest BCUT2D eigenvalue weighted by Gasteiger charge is 2.54. The van der Waals surface area contributed by atoms with Crippen molar-refractivity contribution in [2.45, 2.75) is 77.6 Å². The summed E-state index contributed by atoms with van der Waals surface area (Å²) in [6, 6.07) is 0. The van der Waals surface area contributed by atoms with E-state index >= 15 is 0 Å². The summed E-state index contributed by atoms with van der Waals surface area (Å²) in [6.07, 6.45) is 0.288. The summed E-state index contributed by atoms with van der Waals surface area (Å²) in [5, 5.41) is 15.9. The fourth-order valence-corrected chi connectivity index (χ4v) is 4.62. The van der Waals surface area contributed by atoms with E-state index in [0.717, 1.165) is 16.5 Å². The minimum atomic E-state index is -1.63. The maximum absolute atomic E-state index is 9.97. The summed E-state index contributed by atoms with van der Waals surface area (Å²) in [5.41, 5.74) is 1.44. The number of hydrogen-bond donors (Lipinski definition) is 1. The summed E-state index contributed by atoms with van der Waals surface area (Å²) in [4.78, 5) is 0. The first kappa shape index (κ1) is 16.2. The minimum absolute atomic E-state index is 0.348. The monoisotopic (exact) mass is 322 g/mol. The van der Waals surface area contributed by atoms with Crippen molar-refractivity contribution in [2.75, 3.05) is 0 Å². The molecule has 3 rings (SSSR count). The van der Waals surface area contributed by atoms with Gasteiger partial charge < -0.3 is 14.4 Å².